The lowest BCUT2D eigenvalue weighted by Gasteiger charge is -2.33. The first-order chi connectivity index (χ1) is 7.75. The molecule has 2 heterocycles. The summed E-state index contributed by atoms with van der Waals surface area (Å²) in [6.45, 7) is 6.21. The van der Waals surface area contributed by atoms with Gasteiger partial charge >= 0.3 is 0 Å². The van der Waals surface area contributed by atoms with Crippen LogP contribution in [0, 0.1) is 11.8 Å². The molecule has 2 nitrogen and oxygen atoms in total. The van der Waals surface area contributed by atoms with Crippen molar-refractivity contribution in [2.24, 2.45) is 11.8 Å². The third-order valence-electron chi connectivity index (χ3n) is 4.22. The summed E-state index contributed by atoms with van der Waals surface area (Å²) in [6.07, 6.45) is 4.19. The normalized spacial score (nSPS) is 30.8. The average molecular weight is 242 g/mol. The molecule has 2 aliphatic heterocycles. The molecule has 0 aromatic carbocycles. The van der Waals surface area contributed by atoms with Gasteiger partial charge in [0.25, 0.3) is 0 Å². The molecule has 94 valence electrons. The molecule has 2 saturated heterocycles. The zero-order valence-corrected chi connectivity index (χ0v) is 11.6. The number of hydrogen-bond acceptors (Lipinski definition) is 3. The number of likely N-dealkylation sites (tertiary alicyclic amines) is 1. The van der Waals surface area contributed by atoms with Gasteiger partial charge in [0.05, 0.1) is 0 Å². The zero-order valence-electron chi connectivity index (χ0n) is 10.7. The SMILES string of the molecule is CC(NCC1CCSC1)C1CCN(C)CC1. The molecule has 3 heteroatoms. The molecule has 0 radical (unpaired) electrons. The van der Waals surface area contributed by atoms with Crippen LogP contribution >= 0.6 is 11.8 Å². The Morgan fingerprint density at radius 3 is 2.69 bits per heavy atom. The van der Waals surface area contributed by atoms with Crippen molar-refractivity contribution in [2.75, 3.05) is 38.2 Å². The maximum absolute atomic E-state index is 3.78. The van der Waals surface area contributed by atoms with Crippen LogP contribution in [-0.2, 0) is 0 Å². The van der Waals surface area contributed by atoms with Crippen LogP contribution in [0.3, 0.4) is 0 Å². The van der Waals surface area contributed by atoms with Crippen LogP contribution in [0.1, 0.15) is 26.2 Å². The Balaban J connectivity index is 1.64. The molecule has 2 atom stereocenters. The summed E-state index contributed by atoms with van der Waals surface area (Å²) in [5.41, 5.74) is 0. The molecular formula is C13H26N2S. The maximum Gasteiger partial charge on any atom is 0.00680 e. The van der Waals surface area contributed by atoms with E-state index in [1.54, 1.807) is 0 Å². The molecule has 0 saturated carbocycles. The first-order valence-electron chi connectivity index (χ1n) is 6.75. The highest BCUT2D eigenvalue weighted by molar-refractivity contribution is 7.99. The second-order valence-electron chi connectivity index (χ2n) is 5.57. The van der Waals surface area contributed by atoms with Crippen molar-refractivity contribution in [3.63, 3.8) is 0 Å². The average Bonchev–Trinajstić information content (AvgIpc) is 2.80. The fourth-order valence-corrected chi connectivity index (χ4v) is 4.08. The van der Waals surface area contributed by atoms with Crippen molar-refractivity contribution < 1.29 is 0 Å². The highest BCUT2D eigenvalue weighted by atomic mass is 32.2. The van der Waals surface area contributed by atoms with Gasteiger partial charge in [-0.05, 0) is 76.2 Å². The van der Waals surface area contributed by atoms with Crippen molar-refractivity contribution in [3.8, 4) is 0 Å². The van der Waals surface area contributed by atoms with Gasteiger partial charge in [-0.15, -0.1) is 0 Å². The Bertz CT molecular complexity index is 196. The van der Waals surface area contributed by atoms with E-state index < -0.39 is 0 Å². The highest BCUT2D eigenvalue weighted by Gasteiger charge is 2.23. The molecule has 2 fully saturated rings. The Labute approximate surface area is 105 Å². The first kappa shape index (κ1) is 12.7. The van der Waals surface area contributed by atoms with Crippen molar-refractivity contribution >= 4 is 11.8 Å². The molecule has 0 aromatic rings. The number of hydrogen-bond donors (Lipinski definition) is 1. The molecule has 16 heavy (non-hydrogen) atoms. The molecule has 0 amide bonds. The van der Waals surface area contributed by atoms with Crippen LogP contribution in [0.4, 0.5) is 0 Å². The van der Waals surface area contributed by atoms with Gasteiger partial charge in [0.15, 0.2) is 0 Å². The van der Waals surface area contributed by atoms with Gasteiger partial charge in [0.2, 0.25) is 0 Å². The summed E-state index contributed by atoms with van der Waals surface area (Å²) in [4.78, 5) is 2.46. The monoisotopic (exact) mass is 242 g/mol. The Hall–Kier alpha value is 0.270. The minimum absolute atomic E-state index is 0.722. The molecular weight excluding hydrogens is 216 g/mol. The fourth-order valence-electron chi connectivity index (χ4n) is 2.79. The topological polar surface area (TPSA) is 15.3 Å². The van der Waals surface area contributed by atoms with E-state index in [9.17, 15) is 0 Å². The van der Waals surface area contributed by atoms with Gasteiger partial charge in [-0.2, -0.15) is 11.8 Å². The number of nitrogens with zero attached hydrogens (tertiary/aromatic N) is 1. The van der Waals surface area contributed by atoms with Crippen molar-refractivity contribution in [3.05, 3.63) is 0 Å². The van der Waals surface area contributed by atoms with Gasteiger partial charge in [0, 0.05) is 6.04 Å². The number of thioether (sulfide) groups is 1. The van der Waals surface area contributed by atoms with Crippen LogP contribution < -0.4 is 5.32 Å². The third kappa shape index (κ3) is 3.64. The summed E-state index contributed by atoms with van der Waals surface area (Å²) in [5.74, 6) is 4.62. The number of rotatable bonds is 4. The largest absolute Gasteiger partial charge is 0.314 e. The van der Waals surface area contributed by atoms with Gasteiger partial charge in [-0.3, -0.25) is 0 Å². The molecule has 2 aliphatic rings. The number of nitrogens with one attached hydrogen (secondary N) is 1. The van der Waals surface area contributed by atoms with E-state index in [-0.39, 0.29) is 0 Å². The second kappa shape index (κ2) is 6.27. The van der Waals surface area contributed by atoms with Gasteiger partial charge in [-0.1, -0.05) is 0 Å². The summed E-state index contributed by atoms with van der Waals surface area (Å²) < 4.78 is 0. The van der Waals surface area contributed by atoms with Crippen molar-refractivity contribution in [1.29, 1.82) is 0 Å². The molecule has 0 aliphatic carbocycles. The predicted molar refractivity (Wildman–Crippen MR) is 73.1 cm³/mol. The summed E-state index contributed by atoms with van der Waals surface area (Å²) in [7, 11) is 2.24. The van der Waals surface area contributed by atoms with Crippen LogP contribution in [0.5, 0.6) is 0 Å². The Kier molecular flexibility index (Phi) is 4.98. The van der Waals surface area contributed by atoms with E-state index in [4.69, 9.17) is 0 Å². The molecule has 0 aromatic heterocycles. The standard InChI is InChI=1S/C13H26N2S/c1-11(13-3-6-15(2)7-4-13)14-9-12-5-8-16-10-12/h11-14H,3-10H2,1-2H3. The molecule has 0 spiro atoms. The van der Waals surface area contributed by atoms with E-state index in [2.05, 4.69) is 35.9 Å². The van der Waals surface area contributed by atoms with E-state index in [0.717, 1.165) is 17.9 Å². The van der Waals surface area contributed by atoms with Crippen molar-refractivity contribution in [1.82, 2.24) is 10.2 Å². The second-order valence-corrected chi connectivity index (χ2v) is 6.72. The van der Waals surface area contributed by atoms with Crippen molar-refractivity contribution in [2.45, 2.75) is 32.2 Å². The molecule has 2 rings (SSSR count). The van der Waals surface area contributed by atoms with E-state index in [0.29, 0.717) is 0 Å². The van der Waals surface area contributed by atoms with Gasteiger partial charge < -0.3 is 10.2 Å². The minimum atomic E-state index is 0.722. The molecule has 0 bridgehead atoms. The van der Waals surface area contributed by atoms with E-state index in [1.165, 1.54) is 50.4 Å². The maximum atomic E-state index is 3.78. The predicted octanol–water partition coefficient (Wildman–Crippen LogP) is 2.06. The van der Waals surface area contributed by atoms with Crippen LogP contribution in [-0.4, -0.2) is 49.1 Å². The lowest BCUT2D eigenvalue weighted by molar-refractivity contribution is 0.188. The summed E-state index contributed by atoms with van der Waals surface area (Å²) >= 11 is 2.12. The lowest BCUT2D eigenvalue weighted by atomic mass is 9.90. The lowest BCUT2D eigenvalue weighted by Crippen LogP contribution is -2.42. The summed E-state index contributed by atoms with van der Waals surface area (Å²) in [6, 6.07) is 0.722. The fraction of sp³-hybridized carbons (Fsp3) is 1.00. The van der Waals surface area contributed by atoms with Crippen LogP contribution in [0.25, 0.3) is 0 Å². The van der Waals surface area contributed by atoms with Crippen LogP contribution in [0.15, 0.2) is 0 Å². The van der Waals surface area contributed by atoms with Gasteiger partial charge in [0.1, 0.15) is 0 Å². The van der Waals surface area contributed by atoms with E-state index >= 15 is 0 Å². The third-order valence-corrected chi connectivity index (χ3v) is 5.45. The first-order valence-corrected chi connectivity index (χ1v) is 7.91. The molecule has 2 unspecified atom stereocenters. The van der Waals surface area contributed by atoms with Crippen LogP contribution in [0.2, 0.25) is 0 Å². The number of piperidine rings is 1. The highest BCUT2D eigenvalue weighted by Crippen LogP contribution is 2.24. The summed E-state index contributed by atoms with van der Waals surface area (Å²) in [5, 5.41) is 3.78. The zero-order chi connectivity index (χ0) is 11.4. The Morgan fingerprint density at radius 2 is 2.06 bits per heavy atom. The quantitative estimate of drug-likeness (QED) is 0.812. The minimum Gasteiger partial charge on any atom is -0.314 e. The molecule has 1 N–H and O–H groups in total. The Morgan fingerprint density at radius 1 is 1.31 bits per heavy atom. The van der Waals surface area contributed by atoms with Gasteiger partial charge in [-0.25, -0.2) is 0 Å². The van der Waals surface area contributed by atoms with E-state index in [1.807, 2.05) is 0 Å². The smallest absolute Gasteiger partial charge is 0.00680 e.